The fourth-order valence-corrected chi connectivity index (χ4v) is 3.96. The van der Waals surface area contributed by atoms with Crippen LogP contribution < -0.4 is 10.1 Å². The molecule has 2 heterocycles. The summed E-state index contributed by atoms with van der Waals surface area (Å²) in [5.74, 6) is 0.822. The van der Waals surface area contributed by atoms with Gasteiger partial charge in [-0.25, -0.2) is 9.97 Å². The van der Waals surface area contributed by atoms with Crippen molar-refractivity contribution in [2.75, 3.05) is 12.4 Å². The van der Waals surface area contributed by atoms with Crippen molar-refractivity contribution in [3.8, 4) is 16.3 Å². The standard InChI is InChI=1S/C20H14BrN3O2S/c1-26-13-7-8-15(21)14(10-13)19(25)24-18-9-6-12(11-22-18)20-23-16-4-2-3-5-17(16)27-20/h2-11H,1H3,(H,22,24,25). The van der Waals surface area contributed by atoms with Gasteiger partial charge in [-0.15, -0.1) is 11.3 Å². The number of thiazole rings is 1. The zero-order valence-corrected chi connectivity index (χ0v) is 16.7. The molecule has 2 aromatic heterocycles. The maximum atomic E-state index is 12.5. The number of carbonyl (C=O) groups is 1. The maximum absolute atomic E-state index is 12.5. The third-order valence-electron chi connectivity index (χ3n) is 3.96. The van der Waals surface area contributed by atoms with Crippen molar-refractivity contribution in [2.45, 2.75) is 0 Å². The number of aromatic nitrogens is 2. The second-order valence-electron chi connectivity index (χ2n) is 5.72. The minimum Gasteiger partial charge on any atom is -0.497 e. The summed E-state index contributed by atoms with van der Waals surface area (Å²) in [5, 5.41) is 3.70. The quantitative estimate of drug-likeness (QED) is 0.463. The molecule has 4 aromatic rings. The summed E-state index contributed by atoms with van der Waals surface area (Å²) in [6.45, 7) is 0. The molecule has 0 aliphatic rings. The van der Waals surface area contributed by atoms with Crippen LogP contribution in [0.2, 0.25) is 0 Å². The van der Waals surface area contributed by atoms with Crippen LogP contribution in [-0.4, -0.2) is 23.0 Å². The van der Waals surface area contributed by atoms with Crippen LogP contribution in [0.15, 0.2) is 65.3 Å². The van der Waals surface area contributed by atoms with Gasteiger partial charge in [0.1, 0.15) is 16.6 Å². The molecule has 0 spiro atoms. The summed E-state index contributed by atoms with van der Waals surface area (Å²) in [6, 6.07) is 16.9. The van der Waals surface area contributed by atoms with Gasteiger partial charge in [0.25, 0.3) is 5.91 Å². The molecule has 27 heavy (non-hydrogen) atoms. The molecule has 0 saturated carbocycles. The fourth-order valence-electron chi connectivity index (χ4n) is 2.58. The van der Waals surface area contributed by atoms with Crippen LogP contribution >= 0.6 is 27.3 Å². The number of rotatable bonds is 4. The number of halogens is 1. The summed E-state index contributed by atoms with van der Waals surface area (Å²) in [4.78, 5) is 21.5. The zero-order chi connectivity index (χ0) is 18.8. The Balaban J connectivity index is 1.55. The average Bonchev–Trinajstić information content (AvgIpc) is 3.13. The van der Waals surface area contributed by atoms with Crippen LogP contribution in [0.5, 0.6) is 5.75 Å². The van der Waals surface area contributed by atoms with Crippen molar-refractivity contribution in [1.29, 1.82) is 0 Å². The Morgan fingerprint density at radius 1 is 1.15 bits per heavy atom. The van der Waals surface area contributed by atoms with Crippen LogP contribution in [0, 0.1) is 0 Å². The second-order valence-corrected chi connectivity index (χ2v) is 7.60. The summed E-state index contributed by atoms with van der Waals surface area (Å²) < 4.78 is 7.00. The van der Waals surface area contributed by atoms with E-state index >= 15 is 0 Å². The molecule has 0 fully saturated rings. The van der Waals surface area contributed by atoms with Gasteiger partial charge < -0.3 is 10.1 Å². The molecule has 7 heteroatoms. The van der Waals surface area contributed by atoms with Crippen LogP contribution in [0.25, 0.3) is 20.8 Å². The lowest BCUT2D eigenvalue weighted by molar-refractivity contribution is 0.102. The van der Waals surface area contributed by atoms with Gasteiger partial charge in [-0.2, -0.15) is 0 Å². The molecule has 4 rings (SSSR count). The summed E-state index contributed by atoms with van der Waals surface area (Å²) in [7, 11) is 1.56. The Hall–Kier alpha value is -2.77. The number of nitrogens with zero attached hydrogens (tertiary/aromatic N) is 2. The Morgan fingerprint density at radius 2 is 2.00 bits per heavy atom. The number of amides is 1. The molecule has 0 radical (unpaired) electrons. The van der Waals surface area contributed by atoms with Crippen LogP contribution in [0.4, 0.5) is 5.82 Å². The van der Waals surface area contributed by atoms with Crippen molar-refractivity contribution in [3.05, 3.63) is 70.8 Å². The van der Waals surface area contributed by atoms with Gasteiger partial charge in [0, 0.05) is 16.2 Å². The lowest BCUT2D eigenvalue weighted by atomic mass is 10.2. The Kier molecular flexibility index (Phi) is 4.87. The van der Waals surface area contributed by atoms with Crippen LogP contribution in [-0.2, 0) is 0 Å². The second kappa shape index (κ2) is 7.46. The van der Waals surface area contributed by atoms with E-state index in [0.717, 1.165) is 20.8 Å². The predicted molar refractivity (Wildman–Crippen MR) is 111 cm³/mol. The zero-order valence-electron chi connectivity index (χ0n) is 14.3. The van der Waals surface area contributed by atoms with Crippen molar-refractivity contribution < 1.29 is 9.53 Å². The fraction of sp³-hybridized carbons (Fsp3) is 0.0500. The van der Waals surface area contributed by atoms with E-state index in [1.165, 1.54) is 0 Å². The molecule has 0 unspecified atom stereocenters. The van der Waals surface area contributed by atoms with E-state index in [0.29, 0.717) is 21.6 Å². The van der Waals surface area contributed by atoms with E-state index in [-0.39, 0.29) is 5.91 Å². The first-order valence-corrected chi connectivity index (χ1v) is 9.72. The van der Waals surface area contributed by atoms with Gasteiger partial charge in [0.15, 0.2) is 0 Å². The SMILES string of the molecule is COc1ccc(Br)c(C(=O)Nc2ccc(-c3nc4ccccc4s3)cn2)c1. The highest BCUT2D eigenvalue weighted by Gasteiger charge is 2.13. The van der Waals surface area contributed by atoms with Gasteiger partial charge in [-0.3, -0.25) is 4.79 Å². The van der Waals surface area contributed by atoms with Crippen molar-refractivity contribution in [3.63, 3.8) is 0 Å². The van der Waals surface area contributed by atoms with E-state index in [9.17, 15) is 4.79 Å². The normalized spacial score (nSPS) is 10.7. The van der Waals surface area contributed by atoms with E-state index in [4.69, 9.17) is 4.74 Å². The van der Waals surface area contributed by atoms with E-state index in [2.05, 4.69) is 31.2 Å². The molecule has 0 aliphatic heterocycles. The minimum atomic E-state index is -0.263. The lowest BCUT2D eigenvalue weighted by Gasteiger charge is -2.08. The first-order chi connectivity index (χ1) is 13.1. The Morgan fingerprint density at radius 3 is 2.74 bits per heavy atom. The smallest absolute Gasteiger partial charge is 0.258 e. The third-order valence-corrected chi connectivity index (χ3v) is 5.74. The number of ether oxygens (including phenoxy) is 1. The minimum absolute atomic E-state index is 0.263. The summed E-state index contributed by atoms with van der Waals surface area (Å²) in [6.07, 6.45) is 1.72. The van der Waals surface area contributed by atoms with E-state index in [1.807, 2.05) is 30.3 Å². The molecule has 0 saturated heterocycles. The largest absolute Gasteiger partial charge is 0.497 e. The number of hydrogen-bond donors (Lipinski definition) is 1. The monoisotopic (exact) mass is 439 g/mol. The number of pyridine rings is 1. The van der Waals surface area contributed by atoms with Gasteiger partial charge in [-0.05, 0) is 58.4 Å². The van der Waals surface area contributed by atoms with Gasteiger partial charge in [-0.1, -0.05) is 12.1 Å². The molecule has 2 aromatic carbocycles. The number of methoxy groups -OCH3 is 1. The number of carbonyl (C=O) groups excluding carboxylic acids is 1. The van der Waals surface area contributed by atoms with E-state index < -0.39 is 0 Å². The first kappa shape index (κ1) is 17.6. The predicted octanol–water partition coefficient (Wildman–Crippen LogP) is 5.38. The van der Waals surface area contributed by atoms with Crippen LogP contribution in [0.1, 0.15) is 10.4 Å². The van der Waals surface area contributed by atoms with Gasteiger partial charge in [0.2, 0.25) is 0 Å². The summed E-state index contributed by atoms with van der Waals surface area (Å²) >= 11 is 5.00. The Bertz CT molecular complexity index is 1090. The van der Waals surface area contributed by atoms with Crippen LogP contribution in [0.3, 0.4) is 0 Å². The number of anilines is 1. The maximum Gasteiger partial charge on any atom is 0.258 e. The highest BCUT2D eigenvalue weighted by molar-refractivity contribution is 9.10. The number of para-hydroxylation sites is 1. The molecule has 5 nitrogen and oxygen atoms in total. The highest BCUT2D eigenvalue weighted by Crippen LogP contribution is 2.30. The average molecular weight is 440 g/mol. The highest BCUT2D eigenvalue weighted by atomic mass is 79.9. The molecule has 0 bridgehead atoms. The first-order valence-electron chi connectivity index (χ1n) is 8.11. The molecule has 134 valence electrons. The van der Waals surface area contributed by atoms with Gasteiger partial charge in [0.05, 0.1) is 22.9 Å². The van der Waals surface area contributed by atoms with Crippen molar-refractivity contribution >= 4 is 49.2 Å². The molecule has 0 aliphatic carbocycles. The lowest BCUT2D eigenvalue weighted by Crippen LogP contribution is -2.13. The molecule has 1 N–H and O–H groups in total. The number of benzene rings is 2. The number of nitrogens with one attached hydrogen (secondary N) is 1. The third kappa shape index (κ3) is 3.70. The van der Waals surface area contributed by atoms with Gasteiger partial charge >= 0.3 is 0 Å². The number of fused-ring (bicyclic) bond motifs is 1. The molecule has 0 atom stereocenters. The van der Waals surface area contributed by atoms with Crippen molar-refractivity contribution in [2.24, 2.45) is 0 Å². The molecular weight excluding hydrogens is 426 g/mol. The molecule has 1 amide bonds. The topological polar surface area (TPSA) is 64.1 Å². The molecular formula is C20H14BrN3O2S. The van der Waals surface area contributed by atoms with Crippen molar-refractivity contribution in [1.82, 2.24) is 9.97 Å². The number of hydrogen-bond acceptors (Lipinski definition) is 5. The van der Waals surface area contributed by atoms with E-state index in [1.54, 1.807) is 48.9 Å². The summed E-state index contributed by atoms with van der Waals surface area (Å²) in [5.41, 5.74) is 2.36. The Labute approximate surface area is 168 Å².